The van der Waals surface area contributed by atoms with Gasteiger partial charge < -0.3 is 4.42 Å². The minimum absolute atomic E-state index is 0.603. The van der Waals surface area contributed by atoms with Crippen molar-refractivity contribution in [1.82, 2.24) is 15.0 Å². The Morgan fingerprint density at radius 2 is 0.767 bits per heavy atom. The number of fused-ring (bicyclic) bond motifs is 3. The summed E-state index contributed by atoms with van der Waals surface area (Å²) in [5.41, 5.74) is 9.10. The first-order valence-corrected chi connectivity index (χ1v) is 14.3. The minimum atomic E-state index is 0.603. The SMILES string of the molecule is c1ccc(-c2cccc(-c3ccc(-c4nc(-c5ccccc5)nc(-c5ccc6c(c5)oc5ccccc56)n4)cc3)c2)cc1. The molecule has 4 heteroatoms. The van der Waals surface area contributed by atoms with Gasteiger partial charge in [-0.25, -0.2) is 15.0 Å². The summed E-state index contributed by atoms with van der Waals surface area (Å²) in [4.78, 5) is 14.8. The van der Waals surface area contributed by atoms with Crippen LogP contribution in [-0.4, -0.2) is 15.0 Å². The predicted molar refractivity (Wildman–Crippen MR) is 174 cm³/mol. The van der Waals surface area contributed by atoms with Crippen LogP contribution < -0.4 is 0 Å². The maximum Gasteiger partial charge on any atom is 0.164 e. The van der Waals surface area contributed by atoms with Crippen LogP contribution in [0.2, 0.25) is 0 Å². The van der Waals surface area contributed by atoms with Crippen LogP contribution in [0.25, 0.3) is 78.4 Å². The summed E-state index contributed by atoms with van der Waals surface area (Å²) in [7, 11) is 0. The Morgan fingerprint density at radius 1 is 0.302 bits per heavy atom. The Kier molecular flexibility index (Phi) is 6.08. The molecule has 0 fully saturated rings. The lowest BCUT2D eigenvalue weighted by Gasteiger charge is -2.10. The van der Waals surface area contributed by atoms with Crippen molar-refractivity contribution in [2.75, 3.05) is 0 Å². The third kappa shape index (κ3) is 4.75. The van der Waals surface area contributed by atoms with Gasteiger partial charge in [-0.2, -0.15) is 0 Å². The zero-order chi connectivity index (χ0) is 28.6. The number of nitrogens with zero attached hydrogens (tertiary/aromatic N) is 3. The predicted octanol–water partition coefficient (Wildman–Crippen LogP) is 10.1. The van der Waals surface area contributed by atoms with Crippen molar-refractivity contribution in [1.29, 1.82) is 0 Å². The molecule has 0 aliphatic heterocycles. The molecule has 0 spiro atoms. The minimum Gasteiger partial charge on any atom is -0.456 e. The van der Waals surface area contributed by atoms with E-state index < -0.39 is 0 Å². The molecular formula is C39H25N3O. The van der Waals surface area contributed by atoms with Crippen LogP contribution in [0.4, 0.5) is 0 Å². The fourth-order valence-electron chi connectivity index (χ4n) is 5.54. The lowest BCUT2D eigenvalue weighted by atomic mass is 9.98. The molecule has 0 aliphatic rings. The average molecular weight is 552 g/mol. The number of para-hydroxylation sites is 1. The van der Waals surface area contributed by atoms with Crippen molar-refractivity contribution in [2.24, 2.45) is 0 Å². The fraction of sp³-hybridized carbons (Fsp3) is 0. The van der Waals surface area contributed by atoms with Crippen molar-refractivity contribution in [3.8, 4) is 56.4 Å². The molecule has 4 nitrogen and oxygen atoms in total. The fourth-order valence-corrected chi connectivity index (χ4v) is 5.54. The van der Waals surface area contributed by atoms with Gasteiger partial charge >= 0.3 is 0 Å². The molecule has 43 heavy (non-hydrogen) atoms. The second-order valence-electron chi connectivity index (χ2n) is 10.5. The molecule has 0 saturated heterocycles. The molecule has 2 aromatic heterocycles. The summed E-state index contributed by atoms with van der Waals surface area (Å²) in [6.45, 7) is 0. The van der Waals surface area contributed by atoms with Gasteiger partial charge in [0, 0.05) is 27.5 Å². The van der Waals surface area contributed by atoms with Gasteiger partial charge in [-0.3, -0.25) is 0 Å². The van der Waals surface area contributed by atoms with Gasteiger partial charge in [0.1, 0.15) is 11.2 Å². The quantitative estimate of drug-likeness (QED) is 0.214. The number of hydrogen-bond acceptors (Lipinski definition) is 4. The Morgan fingerprint density at radius 3 is 1.47 bits per heavy atom. The van der Waals surface area contributed by atoms with Crippen LogP contribution in [0, 0.1) is 0 Å². The first-order chi connectivity index (χ1) is 21.3. The molecule has 0 radical (unpaired) electrons. The van der Waals surface area contributed by atoms with E-state index in [1.54, 1.807) is 0 Å². The molecule has 8 aromatic rings. The molecule has 0 aliphatic carbocycles. The van der Waals surface area contributed by atoms with Gasteiger partial charge in [0.15, 0.2) is 17.5 Å². The van der Waals surface area contributed by atoms with E-state index in [0.717, 1.165) is 49.8 Å². The number of hydrogen-bond donors (Lipinski definition) is 0. The molecule has 2 heterocycles. The second kappa shape index (κ2) is 10.5. The number of furan rings is 1. The monoisotopic (exact) mass is 551 g/mol. The van der Waals surface area contributed by atoms with E-state index in [2.05, 4.69) is 91.0 Å². The third-order valence-electron chi connectivity index (χ3n) is 7.75. The van der Waals surface area contributed by atoms with Crippen molar-refractivity contribution < 1.29 is 4.42 Å². The van der Waals surface area contributed by atoms with Crippen LogP contribution in [0.5, 0.6) is 0 Å². The molecule has 0 unspecified atom stereocenters. The highest BCUT2D eigenvalue weighted by Gasteiger charge is 2.15. The first kappa shape index (κ1) is 24.9. The zero-order valence-electron chi connectivity index (χ0n) is 23.2. The Bertz CT molecular complexity index is 2220. The highest BCUT2D eigenvalue weighted by molar-refractivity contribution is 6.05. The Labute approximate surface area is 249 Å². The molecular weight excluding hydrogens is 526 g/mol. The van der Waals surface area contributed by atoms with E-state index in [1.807, 2.05) is 60.7 Å². The maximum atomic E-state index is 6.16. The van der Waals surface area contributed by atoms with Crippen LogP contribution in [0.3, 0.4) is 0 Å². The highest BCUT2D eigenvalue weighted by Crippen LogP contribution is 2.33. The van der Waals surface area contributed by atoms with Crippen molar-refractivity contribution in [3.05, 3.63) is 152 Å². The van der Waals surface area contributed by atoms with Gasteiger partial charge in [-0.15, -0.1) is 0 Å². The van der Waals surface area contributed by atoms with Crippen molar-refractivity contribution in [2.45, 2.75) is 0 Å². The molecule has 0 N–H and O–H groups in total. The molecule has 0 amide bonds. The van der Waals surface area contributed by atoms with Crippen LogP contribution >= 0.6 is 0 Å². The van der Waals surface area contributed by atoms with E-state index >= 15 is 0 Å². The highest BCUT2D eigenvalue weighted by atomic mass is 16.3. The van der Waals surface area contributed by atoms with Crippen LogP contribution in [0.1, 0.15) is 0 Å². The van der Waals surface area contributed by atoms with Gasteiger partial charge in [0.25, 0.3) is 0 Å². The summed E-state index contributed by atoms with van der Waals surface area (Å²) in [5.74, 6) is 1.86. The number of benzene rings is 6. The lowest BCUT2D eigenvalue weighted by molar-refractivity contribution is 0.669. The lowest BCUT2D eigenvalue weighted by Crippen LogP contribution is -2.00. The molecule has 0 saturated carbocycles. The maximum absolute atomic E-state index is 6.16. The van der Waals surface area contributed by atoms with Gasteiger partial charge in [-0.05, 0) is 46.5 Å². The number of aromatic nitrogens is 3. The van der Waals surface area contributed by atoms with E-state index in [1.165, 1.54) is 11.1 Å². The average Bonchev–Trinajstić information content (AvgIpc) is 3.47. The van der Waals surface area contributed by atoms with E-state index in [0.29, 0.717) is 17.5 Å². The number of rotatable bonds is 5. The van der Waals surface area contributed by atoms with Crippen LogP contribution in [0.15, 0.2) is 156 Å². The Balaban J connectivity index is 1.20. The van der Waals surface area contributed by atoms with Gasteiger partial charge in [0.2, 0.25) is 0 Å². The molecule has 0 bridgehead atoms. The molecule has 8 rings (SSSR count). The van der Waals surface area contributed by atoms with E-state index in [-0.39, 0.29) is 0 Å². The normalized spacial score (nSPS) is 11.3. The summed E-state index contributed by atoms with van der Waals surface area (Å²) >= 11 is 0. The van der Waals surface area contributed by atoms with Gasteiger partial charge in [0.05, 0.1) is 0 Å². The van der Waals surface area contributed by atoms with E-state index in [4.69, 9.17) is 19.4 Å². The largest absolute Gasteiger partial charge is 0.456 e. The zero-order valence-corrected chi connectivity index (χ0v) is 23.2. The second-order valence-corrected chi connectivity index (χ2v) is 10.5. The molecule has 6 aromatic carbocycles. The van der Waals surface area contributed by atoms with E-state index in [9.17, 15) is 0 Å². The summed E-state index contributed by atoms with van der Waals surface area (Å²) in [6, 6.07) is 51.8. The van der Waals surface area contributed by atoms with Crippen molar-refractivity contribution in [3.63, 3.8) is 0 Å². The van der Waals surface area contributed by atoms with Gasteiger partial charge in [-0.1, -0.05) is 127 Å². The summed E-state index contributed by atoms with van der Waals surface area (Å²) < 4.78 is 6.16. The smallest absolute Gasteiger partial charge is 0.164 e. The summed E-state index contributed by atoms with van der Waals surface area (Å²) in [6.07, 6.45) is 0. The van der Waals surface area contributed by atoms with Crippen molar-refractivity contribution >= 4 is 21.9 Å². The third-order valence-corrected chi connectivity index (χ3v) is 7.75. The standard InChI is InChI=1S/C39H25N3O/c1-3-10-26(11-4-1)30-14-9-15-31(24-30)27-18-20-29(21-19-27)38-40-37(28-12-5-2-6-13-28)41-39(42-38)32-22-23-34-33-16-7-8-17-35(33)43-36(34)25-32/h1-25H. The van der Waals surface area contributed by atoms with Crippen LogP contribution in [-0.2, 0) is 0 Å². The summed E-state index contributed by atoms with van der Waals surface area (Å²) in [5, 5.41) is 2.17. The molecule has 0 atom stereocenters. The topological polar surface area (TPSA) is 51.8 Å². The first-order valence-electron chi connectivity index (χ1n) is 14.3. The Hall–Kier alpha value is -5.87. The molecule has 202 valence electrons.